The van der Waals surface area contributed by atoms with Crippen LogP contribution in [0.25, 0.3) is 0 Å². The van der Waals surface area contributed by atoms with Crippen LogP contribution in [-0.4, -0.2) is 47.6 Å². The summed E-state index contributed by atoms with van der Waals surface area (Å²) in [6.45, 7) is 7.10. The highest BCUT2D eigenvalue weighted by Gasteiger charge is 2.21. The van der Waals surface area contributed by atoms with E-state index in [1.54, 1.807) is 6.07 Å². The van der Waals surface area contributed by atoms with Crippen molar-refractivity contribution in [2.75, 3.05) is 19.7 Å². The van der Waals surface area contributed by atoms with Crippen molar-refractivity contribution in [1.29, 1.82) is 0 Å². The molecule has 1 aliphatic heterocycles. The number of non-ortho nitro benzene ring substituents is 1. The molecule has 0 aliphatic carbocycles. The molecule has 2 aromatic carbocycles. The van der Waals surface area contributed by atoms with E-state index in [-0.39, 0.29) is 36.2 Å². The summed E-state index contributed by atoms with van der Waals surface area (Å²) in [6.07, 6.45) is 0.486. The molecule has 8 heteroatoms. The Morgan fingerprint density at radius 3 is 2.50 bits per heavy atom. The van der Waals surface area contributed by atoms with Gasteiger partial charge in [0.1, 0.15) is 5.75 Å². The molecule has 1 heterocycles. The van der Waals surface area contributed by atoms with Gasteiger partial charge < -0.3 is 14.8 Å². The molecule has 3 rings (SSSR count). The molecule has 0 bridgehead atoms. The number of ether oxygens (including phenoxy) is 2. The standard InChI is InChI=1S/C22H27N3O5/c1-16-12-24(13-17(2)30-16)14-19-8-6-18(7-9-19)11-23-22(26)15-29-21-5-3-4-20(10-21)25(27)28/h3-10,16-17H,11-15H2,1-2H3,(H,23,26). The fourth-order valence-electron chi connectivity index (χ4n) is 3.52. The Balaban J connectivity index is 1.42. The van der Waals surface area contributed by atoms with Crippen molar-refractivity contribution < 1.29 is 19.2 Å². The second kappa shape index (κ2) is 10.2. The van der Waals surface area contributed by atoms with Crippen molar-refractivity contribution in [2.24, 2.45) is 0 Å². The van der Waals surface area contributed by atoms with Crippen LogP contribution in [0, 0.1) is 10.1 Å². The molecular weight excluding hydrogens is 386 g/mol. The molecule has 1 aliphatic rings. The Morgan fingerprint density at radius 2 is 1.83 bits per heavy atom. The second-order valence-electron chi connectivity index (χ2n) is 7.59. The van der Waals surface area contributed by atoms with Crippen molar-refractivity contribution >= 4 is 11.6 Å². The van der Waals surface area contributed by atoms with Crippen molar-refractivity contribution in [3.8, 4) is 5.75 Å². The van der Waals surface area contributed by atoms with Gasteiger partial charge in [-0.05, 0) is 31.0 Å². The van der Waals surface area contributed by atoms with E-state index in [9.17, 15) is 14.9 Å². The smallest absolute Gasteiger partial charge is 0.273 e. The zero-order chi connectivity index (χ0) is 21.5. The van der Waals surface area contributed by atoms with Gasteiger partial charge in [0, 0.05) is 32.2 Å². The highest BCUT2D eigenvalue weighted by Crippen LogP contribution is 2.19. The zero-order valence-electron chi connectivity index (χ0n) is 17.2. The molecule has 0 radical (unpaired) electrons. The molecule has 0 aromatic heterocycles. The van der Waals surface area contributed by atoms with Gasteiger partial charge in [-0.15, -0.1) is 0 Å². The summed E-state index contributed by atoms with van der Waals surface area (Å²) in [5.41, 5.74) is 2.14. The molecule has 2 aromatic rings. The fourth-order valence-corrected chi connectivity index (χ4v) is 3.52. The Kier molecular flexibility index (Phi) is 7.37. The van der Waals surface area contributed by atoms with Gasteiger partial charge >= 0.3 is 0 Å². The quantitative estimate of drug-likeness (QED) is 0.528. The number of rotatable bonds is 8. The van der Waals surface area contributed by atoms with E-state index in [4.69, 9.17) is 9.47 Å². The van der Waals surface area contributed by atoms with Crippen LogP contribution in [0.2, 0.25) is 0 Å². The average Bonchev–Trinajstić information content (AvgIpc) is 2.71. The van der Waals surface area contributed by atoms with Gasteiger partial charge in [-0.1, -0.05) is 30.3 Å². The minimum Gasteiger partial charge on any atom is -0.484 e. The SMILES string of the molecule is CC1CN(Cc2ccc(CNC(=O)COc3cccc([N+](=O)[O-])c3)cc2)CC(C)O1. The summed E-state index contributed by atoms with van der Waals surface area (Å²) in [4.78, 5) is 24.7. The highest BCUT2D eigenvalue weighted by atomic mass is 16.6. The number of nitro benzene ring substituents is 1. The number of nitrogens with one attached hydrogen (secondary N) is 1. The van der Waals surface area contributed by atoms with Gasteiger partial charge in [-0.3, -0.25) is 19.8 Å². The Labute approximate surface area is 175 Å². The lowest BCUT2D eigenvalue weighted by Crippen LogP contribution is -2.44. The minimum absolute atomic E-state index is 0.0750. The van der Waals surface area contributed by atoms with Crippen LogP contribution in [0.3, 0.4) is 0 Å². The number of morpholine rings is 1. The third-order valence-electron chi connectivity index (χ3n) is 4.81. The number of nitro groups is 1. The molecule has 160 valence electrons. The second-order valence-corrected chi connectivity index (χ2v) is 7.59. The molecule has 0 spiro atoms. The normalized spacial score (nSPS) is 19.3. The molecule has 1 amide bonds. The number of carbonyl (C=O) groups is 1. The van der Waals surface area contributed by atoms with E-state index >= 15 is 0 Å². The lowest BCUT2D eigenvalue weighted by molar-refractivity contribution is -0.384. The van der Waals surface area contributed by atoms with E-state index < -0.39 is 4.92 Å². The summed E-state index contributed by atoms with van der Waals surface area (Å²) >= 11 is 0. The Morgan fingerprint density at radius 1 is 1.17 bits per heavy atom. The first-order valence-electron chi connectivity index (χ1n) is 9.98. The van der Waals surface area contributed by atoms with Crippen LogP contribution in [0.1, 0.15) is 25.0 Å². The zero-order valence-corrected chi connectivity index (χ0v) is 17.2. The fraction of sp³-hybridized carbons (Fsp3) is 0.409. The maximum atomic E-state index is 12.0. The van der Waals surface area contributed by atoms with E-state index in [1.165, 1.54) is 23.8 Å². The van der Waals surface area contributed by atoms with E-state index in [0.717, 1.165) is 25.2 Å². The van der Waals surface area contributed by atoms with E-state index in [0.29, 0.717) is 6.54 Å². The maximum Gasteiger partial charge on any atom is 0.273 e. The summed E-state index contributed by atoms with van der Waals surface area (Å²) < 4.78 is 11.1. The van der Waals surface area contributed by atoms with Gasteiger partial charge in [0.15, 0.2) is 6.61 Å². The number of nitrogens with zero attached hydrogens (tertiary/aromatic N) is 2. The summed E-state index contributed by atoms with van der Waals surface area (Å²) in [5, 5.41) is 13.6. The summed E-state index contributed by atoms with van der Waals surface area (Å²) in [7, 11) is 0. The van der Waals surface area contributed by atoms with Gasteiger partial charge in [0.05, 0.1) is 23.2 Å². The highest BCUT2D eigenvalue weighted by molar-refractivity contribution is 5.77. The molecule has 2 unspecified atom stereocenters. The number of carbonyl (C=O) groups excluding carboxylic acids is 1. The molecule has 1 fully saturated rings. The van der Waals surface area contributed by atoms with Crippen LogP contribution >= 0.6 is 0 Å². The van der Waals surface area contributed by atoms with Gasteiger partial charge in [-0.2, -0.15) is 0 Å². The number of hydrogen-bond acceptors (Lipinski definition) is 6. The third-order valence-corrected chi connectivity index (χ3v) is 4.81. The average molecular weight is 413 g/mol. The van der Waals surface area contributed by atoms with Crippen molar-refractivity contribution in [3.05, 3.63) is 69.8 Å². The Bertz CT molecular complexity index is 861. The number of amides is 1. The Hall–Kier alpha value is -2.97. The predicted octanol–water partition coefficient (Wildman–Crippen LogP) is 2.90. The van der Waals surface area contributed by atoms with Gasteiger partial charge in [-0.25, -0.2) is 0 Å². The van der Waals surface area contributed by atoms with E-state index in [1.807, 2.05) is 12.1 Å². The first-order valence-corrected chi connectivity index (χ1v) is 9.98. The number of benzene rings is 2. The molecule has 2 atom stereocenters. The van der Waals surface area contributed by atoms with Crippen LogP contribution in [0.4, 0.5) is 5.69 Å². The lowest BCUT2D eigenvalue weighted by Gasteiger charge is -2.35. The van der Waals surface area contributed by atoms with Crippen LogP contribution in [0.5, 0.6) is 5.75 Å². The molecule has 0 saturated carbocycles. The van der Waals surface area contributed by atoms with Gasteiger partial charge in [0.2, 0.25) is 0 Å². The van der Waals surface area contributed by atoms with Crippen LogP contribution in [0.15, 0.2) is 48.5 Å². The summed E-state index contributed by atoms with van der Waals surface area (Å²) in [6, 6.07) is 13.9. The monoisotopic (exact) mass is 413 g/mol. The minimum atomic E-state index is -0.503. The third kappa shape index (κ3) is 6.53. The maximum absolute atomic E-state index is 12.0. The molecule has 8 nitrogen and oxygen atoms in total. The van der Waals surface area contributed by atoms with E-state index in [2.05, 4.69) is 36.2 Å². The van der Waals surface area contributed by atoms with Crippen molar-refractivity contribution in [1.82, 2.24) is 10.2 Å². The lowest BCUT2D eigenvalue weighted by atomic mass is 10.1. The predicted molar refractivity (Wildman–Crippen MR) is 112 cm³/mol. The first-order chi connectivity index (χ1) is 14.4. The number of hydrogen-bond donors (Lipinski definition) is 1. The largest absolute Gasteiger partial charge is 0.484 e. The molecular formula is C22H27N3O5. The first kappa shape index (κ1) is 21.7. The van der Waals surface area contributed by atoms with Crippen LogP contribution in [-0.2, 0) is 22.6 Å². The van der Waals surface area contributed by atoms with Gasteiger partial charge in [0.25, 0.3) is 11.6 Å². The molecule has 1 N–H and O–H groups in total. The topological polar surface area (TPSA) is 93.9 Å². The summed E-state index contributed by atoms with van der Waals surface area (Å²) in [5.74, 6) is -0.00248. The van der Waals surface area contributed by atoms with Crippen molar-refractivity contribution in [2.45, 2.75) is 39.1 Å². The molecule has 30 heavy (non-hydrogen) atoms. The van der Waals surface area contributed by atoms with Crippen molar-refractivity contribution in [3.63, 3.8) is 0 Å². The van der Waals surface area contributed by atoms with Crippen LogP contribution < -0.4 is 10.1 Å². The molecule has 1 saturated heterocycles.